The molecule has 6 nitrogen and oxygen atoms in total. The van der Waals surface area contributed by atoms with Crippen LogP contribution in [0.3, 0.4) is 0 Å². The first-order chi connectivity index (χ1) is 13.0. The number of carbonyl (C=O) groups excluding carboxylic acids is 1. The van der Waals surface area contributed by atoms with E-state index < -0.39 is 0 Å². The van der Waals surface area contributed by atoms with E-state index in [2.05, 4.69) is 22.1 Å². The lowest BCUT2D eigenvalue weighted by atomic mass is 10.0. The molecule has 0 aliphatic carbocycles. The number of hydrogen-bond acceptors (Lipinski definition) is 5. The van der Waals surface area contributed by atoms with Crippen LogP contribution in [0.15, 0.2) is 42.7 Å². The number of hydrogen-bond donors (Lipinski definition) is 1. The maximum atomic E-state index is 11.9. The second-order valence-corrected chi connectivity index (χ2v) is 6.68. The number of benzene rings is 1. The van der Waals surface area contributed by atoms with E-state index in [0.717, 1.165) is 17.7 Å². The molecule has 1 aliphatic heterocycles. The smallest absolute Gasteiger partial charge is 0.258 e. The average molecular weight is 366 g/mol. The summed E-state index contributed by atoms with van der Waals surface area (Å²) in [5.41, 5.74) is 0.842. The number of amides is 1. The topological polar surface area (TPSA) is 69.7 Å². The molecule has 1 amide bonds. The summed E-state index contributed by atoms with van der Waals surface area (Å²) in [5.74, 6) is 7.39. The predicted molar refractivity (Wildman–Crippen MR) is 101 cm³/mol. The summed E-state index contributed by atoms with van der Waals surface area (Å²) in [4.78, 5) is 15.9. The molecule has 0 fully saturated rings. The average Bonchev–Trinajstić information content (AvgIpc) is 2.98. The number of carbonyl (C=O) groups is 1. The standard InChI is InChI=1S/C21H22N2O4/c1-21(2)13-16-7-5-9-18(20(16)27-21)26-15-19(24)23-11-3-4-12-25-17-8-6-10-22-14-17/h5-10,14H,11-13,15H2,1-2H3,(H,23,24). The highest BCUT2D eigenvalue weighted by molar-refractivity contribution is 5.77. The molecule has 27 heavy (non-hydrogen) atoms. The van der Waals surface area contributed by atoms with E-state index in [1.54, 1.807) is 24.5 Å². The molecule has 2 aromatic rings. The van der Waals surface area contributed by atoms with Crippen LogP contribution in [-0.4, -0.2) is 36.3 Å². The van der Waals surface area contributed by atoms with Crippen molar-refractivity contribution >= 4 is 5.91 Å². The van der Waals surface area contributed by atoms with Crippen LogP contribution in [0.2, 0.25) is 0 Å². The van der Waals surface area contributed by atoms with Crippen molar-refractivity contribution in [1.29, 1.82) is 0 Å². The first-order valence-electron chi connectivity index (χ1n) is 8.72. The third kappa shape index (κ3) is 5.38. The van der Waals surface area contributed by atoms with E-state index in [4.69, 9.17) is 14.2 Å². The van der Waals surface area contributed by atoms with Crippen LogP contribution in [0.25, 0.3) is 0 Å². The Hall–Kier alpha value is -3.20. The van der Waals surface area contributed by atoms with Crippen LogP contribution in [0, 0.1) is 11.8 Å². The number of fused-ring (bicyclic) bond motifs is 1. The van der Waals surface area contributed by atoms with Crippen LogP contribution in [0.4, 0.5) is 0 Å². The predicted octanol–water partition coefficient (Wildman–Crippen LogP) is 2.37. The molecule has 0 bridgehead atoms. The molecule has 1 aromatic carbocycles. The zero-order valence-corrected chi connectivity index (χ0v) is 15.5. The summed E-state index contributed by atoms with van der Waals surface area (Å²) < 4.78 is 16.9. The van der Waals surface area contributed by atoms with Crippen molar-refractivity contribution in [2.75, 3.05) is 19.8 Å². The molecule has 3 rings (SSSR count). The number of ether oxygens (including phenoxy) is 3. The maximum Gasteiger partial charge on any atom is 0.258 e. The second kappa shape index (κ2) is 8.45. The molecule has 6 heteroatoms. The van der Waals surface area contributed by atoms with E-state index in [-0.39, 0.29) is 31.3 Å². The van der Waals surface area contributed by atoms with Crippen molar-refractivity contribution in [2.24, 2.45) is 0 Å². The molecule has 1 aromatic heterocycles. The first kappa shape index (κ1) is 18.6. The highest BCUT2D eigenvalue weighted by Crippen LogP contribution is 2.41. The van der Waals surface area contributed by atoms with E-state index in [1.807, 2.05) is 32.0 Å². The summed E-state index contributed by atoms with van der Waals surface area (Å²) in [7, 11) is 0. The molecule has 140 valence electrons. The van der Waals surface area contributed by atoms with Crippen LogP contribution < -0.4 is 19.5 Å². The third-order valence-electron chi connectivity index (χ3n) is 3.86. The molecule has 0 saturated heterocycles. The van der Waals surface area contributed by atoms with Gasteiger partial charge < -0.3 is 19.5 Å². The largest absolute Gasteiger partial charge is 0.483 e. The summed E-state index contributed by atoms with van der Waals surface area (Å²) in [6.07, 6.45) is 4.11. The van der Waals surface area contributed by atoms with Gasteiger partial charge in [0.25, 0.3) is 5.91 Å². The monoisotopic (exact) mass is 366 g/mol. The van der Waals surface area contributed by atoms with Crippen molar-refractivity contribution in [3.8, 4) is 29.1 Å². The Morgan fingerprint density at radius 1 is 1.26 bits per heavy atom. The normalized spacial score (nSPS) is 13.6. The molecule has 0 radical (unpaired) electrons. The lowest BCUT2D eigenvalue weighted by Gasteiger charge is -2.18. The Labute approximate surface area is 158 Å². The third-order valence-corrected chi connectivity index (χ3v) is 3.86. The van der Waals surface area contributed by atoms with Gasteiger partial charge in [-0.1, -0.05) is 24.0 Å². The zero-order valence-electron chi connectivity index (χ0n) is 15.5. The van der Waals surface area contributed by atoms with Crippen LogP contribution in [-0.2, 0) is 11.2 Å². The van der Waals surface area contributed by atoms with Gasteiger partial charge in [0.15, 0.2) is 18.1 Å². The summed E-state index contributed by atoms with van der Waals surface area (Å²) in [6.45, 7) is 4.44. The van der Waals surface area contributed by atoms with Gasteiger partial charge in [-0.05, 0) is 32.0 Å². The number of rotatable bonds is 6. The Balaban J connectivity index is 1.39. The Morgan fingerprint density at radius 2 is 2.15 bits per heavy atom. The molecule has 0 saturated carbocycles. The van der Waals surface area contributed by atoms with Gasteiger partial charge in [-0.3, -0.25) is 9.78 Å². The van der Waals surface area contributed by atoms with Gasteiger partial charge >= 0.3 is 0 Å². The molecule has 0 unspecified atom stereocenters. The Bertz CT molecular complexity index is 853. The summed E-state index contributed by atoms with van der Waals surface area (Å²) in [6, 6.07) is 9.32. The summed E-state index contributed by atoms with van der Waals surface area (Å²) >= 11 is 0. The number of para-hydroxylation sites is 1. The van der Waals surface area contributed by atoms with Gasteiger partial charge in [-0.25, -0.2) is 0 Å². The molecule has 2 heterocycles. The quantitative estimate of drug-likeness (QED) is 0.795. The zero-order chi connectivity index (χ0) is 19.1. The van der Waals surface area contributed by atoms with E-state index in [1.165, 1.54) is 0 Å². The second-order valence-electron chi connectivity index (χ2n) is 6.68. The summed E-state index contributed by atoms with van der Waals surface area (Å²) in [5, 5.41) is 2.69. The molecule has 1 N–H and O–H groups in total. The molecule has 0 spiro atoms. The maximum absolute atomic E-state index is 11.9. The van der Waals surface area contributed by atoms with Crippen LogP contribution in [0.5, 0.6) is 17.2 Å². The minimum atomic E-state index is -0.252. The van der Waals surface area contributed by atoms with Gasteiger partial charge in [0, 0.05) is 18.2 Å². The first-order valence-corrected chi connectivity index (χ1v) is 8.72. The van der Waals surface area contributed by atoms with Gasteiger partial charge in [-0.15, -0.1) is 0 Å². The fourth-order valence-corrected chi connectivity index (χ4v) is 2.70. The van der Waals surface area contributed by atoms with Crippen LogP contribution >= 0.6 is 0 Å². The molecular weight excluding hydrogens is 344 g/mol. The van der Waals surface area contributed by atoms with E-state index in [9.17, 15) is 4.79 Å². The number of nitrogens with zero attached hydrogens (tertiary/aromatic N) is 1. The lowest BCUT2D eigenvalue weighted by Crippen LogP contribution is -2.29. The van der Waals surface area contributed by atoms with Gasteiger partial charge in [0.05, 0.1) is 12.7 Å². The Morgan fingerprint density at radius 3 is 2.96 bits per heavy atom. The van der Waals surface area contributed by atoms with Crippen LogP contribution in [0.1, 0.15) is 19.4 Å². The van der Waals surface area contributed by atoms with Gasteiger partial charge in [-0.2, -0.15) is 0 Å². The number of pyridine rings is 1. The molecule has 1 aliphatic rings. The van der Waals surface area contributed by atoms with Gasteiger partial charge in [0.2, 0.25) is 0 Å². The minimum absolute atomic E-state index is 0.0892. The van der Waals surface area contributed by atoms with E-state index >= 15 is 0 Å². The lowest BCUT2D eigenvalue weighted by molar-refractivity contribution is -0.122. The fourth-order valence-electron chi connectivity index (χ4n) is 2.70. The number of nitrogens with one attached hydrogen (secondary N) is 1. The van der Waals surface area contributed by atoms with Gasteiger partial charge in [0.1, 0.15) is 18.0 Å². The van der Waals surface area contributed by atoms with E-state index in [0.29, 0.717) is 11.5 Å². The van der Waals surface area contributed by atoms with Crippen molar-refractivity contribution in [3.63, 3.8) is 0 Å². The number of aromatic nitrogens is 1. The Kier molecular flexibility index (Phi) is 5.82. The molecule has 0 atom stereocenters. The van der Waals surface area contributed by atoms with Crippen molar-refractivity contribution < 1.29 is 19.0 Å². The van der Waals surface area contributed by atoms with Crippen molar-refractivity contribution in [1.82, 2.24) is 10.3 Å². The molecular formula is C21H22N2O4. The highest BCUT2D eigenvalue weighted by Gasteiger charge is 2.32. The highest BCUT2D eigenvalue weighted by atomic mass is 16.5. The SMILES string of the molecule is CC1(C)Cc2cccc(OCC(=O)NCC#CCOc3cccnc3)c2O1. The minimum Gasteiger partial charge on any atom is -0.483 e. The van der Waals surface area contributed by atoms with Crippen molar-refractivity contribution in [2.45, 2.75) is 25.9 Å². The van der Waals surface area contributed by atoms with Crippen molar-refractivity contribution in [3.05, 3.63) is 48.3 Å². The fraction of sp³-hybridized carbons (Fsp3) is 0.333.